The van der Waals surface area contributed by atoms with Gasteiger partial charge in [0, 0.05) is 35.1 Å². The van der Waals surface area contributed by atoms with Crippen LogP contribution in [0.25, 0.3) is 0 Å². The van der Waals surface area contributed by atoms with Crippen LogP contribution in [0.15, 0.2) is 78.4 Å². The summed E-state index contributed by atoms with van der Waals surface area (Å²) in [5.74, 6) is 1.68. The van der Waals surface area contributed by atoms with Gasteiger partial charge in [-0.25, -0.2) is 4.98 Å². The lowest BCUT2D eigenvalue weighted by Crippen LogP contribution is -2.12. The van der Waals surface area contributed by atoms with Crippen molar-refractivity contribution in [2.45, 2.75) is 13.5 Å². The van der Waals surface area contributed by atoms with Gasteiger partial charge in [-0.05, 0) is 49.4 Å². The highest BCUT2D eigenvalue weighted by Crippen LogP contribution is 2.24. The molecule has 1 N–H and O–H groups in total. The summed E-state index contributed by atoms with van der Waals surface area (Å²) in [5.41, 5.74) is 2.01. The lowest BCUT2D eigenvalue weighted by molar-refractivity contribution is 0.102. The smallest absolute Gasteiger partial charge is 0.255 e. The molecule has 0 fully saturated rings. The number of carbonyl (C=O) groups excluding carboxylic acids is 1. The predicted octanol–water partition coefficient (Wildman–Crippen LogP) is 5.47. The number of nitrogens with zero attached hydrogens (tertiary/aromatic N) is 2. The lowest BCUT2D eigenvalue weighted by atomic mass is 10.2. The van der Waals surface area contributed by atoms with Gasteiger partial charge < -0.3 is 14.8 Å². The van der Waals surface area contributed by atoms with Crippen LogP contribution >= 0.6 is 11.3 Å². The van der Waals surface area contributed by atoms with Crippen molar-refractivity contribution < 1.29 is 14.3 Å². The standard InChI is InChI=1S/C23H19N3O3S/c1-16-25-19(15-30-16)14-28-21-6-2-4-17(12-21)23(27)26-18-5-3-7-22(13-18)29-20-8-10-24-11-9-20/h2-13,15H,14H2,1H3,(H,26,27). The first-order chi connectivity index (χ1) is 14.7. The van der Waals surface area contributed by atoms with E-state index in [-0.39, 0.29) is 5.91 Å². The van der Waals surface area contributed by atoms with E-state index in [4.69, 9.17) is 9.47 Å². The van der Waals surface area contributed by atoms with Crippen molar-refractivity contribution >= 4 is 22.9 Å². The van der Waals surface area contributed by atoms with Crippen molar-refractivity contribution in [3.8, 4) is 17.2 Å². The Balaban J connectivity index is 1.40. The fourth-order valence-electron chi connectivity index (χ4n) is 2.74. The highest BCUT2D eigenvalue weighted by atomic mass is 32.1. The zero-order chi connectivity index (χ0) is 20.8. The maximum atomic E-state index is 12.7. The molecule has 2 heterocycles. The van der Waals surface area contributed by atoms with Gasteiger partial charge in [-0.1, -0.05) is 12.1 Å². The zero-order valence-electron chi connectivity index (χ0n) is 16.2. The normalized spacial score (nSPS) is 10.4. The number of pyridine rings is 1. The average Bonchev–Trinajstić information content (AvgIpc) is 3.19. The largest absolute Gasteiger partial charge is 0.487 e. The van der Waals surface area contributed by atoms with E-state index in [0.717, 1.165) is 10.7 Å². The van der Waals surface area contributed by atoms with E-state index in [0.29, 0.717) is 35.1 Å². The number of carbonyl (C=O) groups is 1. The predicted molar refractivity (Wildman–Crippen MR) is 116 cm³/mol. The van der Waals surface area contributed by atoms with Gasteiger partial charge in [0.05, 0.1) is 10.7 Å². The van der Waals surface area contributed by atoms with E-state index in [2.05, 4.69) is 15.3 Å². The third-order valence-corrected chi connectivity index (χ3v) is 4.95. The number of anilines is 1. The Morgan fingerprint density at radius 1 is 1.00 bits per heavy atom. The highest BCUT2D eigenvalue weighted by Gasteiger charge is 2.09. The van der Waals surface area contributed by atoms with Gasteiger partial charge in [-0.2, -0.15) is 0 Å². The Morgan fingerprint density at radius 3 is 2.60 bits per heavy atom. The van der Waals surface area contributed by atoms with Crippen LogP contribution in [0.1, 0.15) is 21.1 Å². The monoisotopic (exact) mass is 417 g/mol. The highest BCUT2D eigenvalue weighted by molar-refractivity contribution is 7.09. The maximum absolute atomic E-state index is 12.7. The fourth-order valence-corrected chi connectivity index (χ4v) is 3.34. The second-order valence-corrected chi connectivity index (χ2v) is 7.50. The van der Waals surface area contributed by atoms with Crippen molar-refractivity contribution in [2.24, 2.45) is 0 Å². The third-order valence-electron chi connectivity index (χ3n) is 4.13. The van der Waals surface area contributed by atoms with Crippen molar-refractivity contribution in [1.82, 2.24) is 9.97 Å². The number of thiazole rings is 1. The Labute approximate surface area is 178 Å². The summed E-state index contributed by atoms with van der Waals surface area (Å²) in [6.45, 7) is 2.32. The maximum Gasteiger partial charge on any atom is 0.255 e. The zero-order valence-corrected chi connectivity index (χ0v) is 17.1. The second-order valence-electron chi connectivity index (χ2n) is 6.44. The molecule has 7 heteroatoms. The number of hydrogen-bond donors (Lipinski definition) is 1. The molecular weight excluding hydrogens is 398 g/mol. The third kappa shape index (κ3) is 5.21. The molecular formula is C23H19N3O3S. The second kappa shape index (κ2) is 9.19. The molecule has 30 heavy (non-hydrogen) atoms. The van der Waals surface area contributed by atoms with Crippen LogP contribution in [0.5, 0.6) is 17.2 Å². The molecule has 0 saturated carbocycles. The minimum absolute atomic E-state index is 0.231. The molecule has 0 aliphatic heterocycles. The Hall–Kier alpha value is -3.71. The van der Waals surface area contributed by atoms with E-state index >= 15 is 0 Å². The van der Waals surface area contributed by atoms with Gasteiger partial charge in [0.1, 0.15) is 23.9 Å². The summed E-state index contributed by atoms with van der Waals surface area (Å²) in [6, 6.07) is 17.8. The SMILES string of the molecule is Cc1nc(COc2cccc(C(=O)Nc3cccc(Oc4ccncc4)c3)c2)cs1. The molecule has 0 bridgehead atoms. The van der Waals surface area contributed by atoms with E-state index < -0.39 is 0 Å². The van der Waals surface area contributed by atoms with E-state index in [1.807, 2.05) is 36.6 Å². The van der Waals surface area contributed by atoms with Gasteiger partial charge in [0.25, 0.3) is 5.91 Å². The van der Waals surface area contributed by atoms with Crippen LogP contribution in [0, 0.1) is 6.92 Å². The summed E-state index contributed by atoms with van der Waals surface area (Å²) >= 11 is 1.58. The van der Waals surface area contributed by atoms with Gasteiger partial charge in [0.15, 0.2) is 0 Å². The quantitative estimate of drug-likeness (QED) is 0.432. The lowest BCUT2D eigenvalue weighted by Gasteiger charge is -2.10. The molecule has 1 amide bonds. The van der Waals surface area contributed by atoms with Crippen molar-refractivity contribution in [2.75, 3.05) is 5.32 Å². The summed E-state index contributed by atoms with van der Waals surface area (Å²) in [5, 5.41) is 5.85. The molecule has 6 nitrogen and oxygen atoms in total. The Bertz CT molecular complexity index is 1150. The molecule has 150 valence electrons. The number of rotatable bonds is 7. The van der Waals surface area contributed by atoms with Crippen LogP contribution in [0.4, 0.5) is 5.69 Å². The number of ether oxygens (including phenoxy) is 2. The summed E-state index contributed by atoms with van der Waals surface area (Å²) in [7, 11) is 0. The van der Waals surface area contributed by atoms with E-state index in [1.165, 1.54) is 0 Å². The number of hydrogen-bond acceptors (Lipinski definition) is 6. The molecule has 0 aliphatic carbocycles. The molecule has 4 aromatic rings. The van der Waals surface area contributed by atoms with Crippen molar-refractivity contribution in [1.29, 1.82) is 0 Å². The number of nitrogens with one attached hydrogen (secondary N) is 1. The van der Waals surface area contributed by atoms with Crippen LogP contribution in [-0.4, -0.2) is 15.9 Å². The summed E-state index contributed by atoms with van der Waals surface area (Å²) in [6.07, 6.45) is 3.32. The minimum Gasteiger partial charge on any atom is -0.487 e. The van der Waals surface area contributed by atoms with Gasteiger partial charge in [-0.3, -0.25) is 9.78 Å². The summed E-state index contributed by atoms with van der Waals surface area (Å²) in [4.78, 5) is 21.0. The van der Waals surface area contributed by atoms with Crippen molar-refractivity contribution in [3.05, 3.63) is 94.7 Å². The first kappa shape index (κ1) is 19.6. The molecule has 0 spiro atoms. The molecule has 0 saturated heterocycles. The molecule has 0 radical (unpaired) electrons. The number of aryl methyl sites for hydroxylation is 1. The first-order valence-electron chi connectivity index (χ1n) is 9.29. The summed E-state index contributed by atoms with van der Waals surface area (Å²) < 4.78 is 11.6. The van der Waals surface area contributed by atoms with Crippen LogP contribution < -0.4 is 14.8 Å². The minimum atomic E-state index is -0.231. The molecule has 2 aromatic carbocycles. The first-order valence-corrected chi connectivity index (χ1v) is 10.2. The molecule has 0 unspecified atom stereocenters. The average molecular weight is 417 g/mol. The van der Waals surface area contributed by atoms with Crippen molar-refractivity contribution in [3.63, 3.8) is 0 Å². The number of amides is 1. The van der Waals surface area contributed by atoms with Crippen LogP contribution in [0.3, 0.4) is 0 Å². The number of benzene rings is 2. The van der Waals surface area contributed by atoms with Gasteiger partial charge in [0.2, 0.25) is 0 Å². The van der Waals surface area contributed by atoms with Gasteiger partial charge in [-0.15, -0.1) is 11.3 Å². The Morgan fingerprint density at radius 2 is 1.80 bits per heavy atom. The number of aromatic nitrogens is 2. The topological polar surface area (TPSA) is 73.3 Å². The van der Waals surface area contributed by atoms with Crippen LogP contribution in [0.2, 0.25) is 0 Å². The van der Waals surface area contributed by atoms with E-state index in [9.17, 15) is 4.79 Å². The van der Waals surface area contributed by atoms with E-state index in [1.54, 1.807) is 60.1 Å². The molecule has 0 atom stereocenters. The van der Waals surface area contributed by atoms with Crippen LogP contribution in [-0.2, 0) is 6.61 Å². The molecule has 2 aromatic heterocycles. The van der Waals surface area contributed by atoms with Gasteiger partial charge >= 0.3 is 0 Å². The molecule has 0 aliphatic rings. The molecule has 4 rings (SSSR count). The Kier molecular flexibility index (Phi) is 6.01. The fraction of sp³-hybridized carbons (Fsp3) is 0.0870.